The number of aromatic nitrogens is 1. The zero-order chi connectivity index (χ0) is 18.1. The standard InChI is InChI=1S/C25H17NS/c1-2-7-18(8-3-1)21-11-6-12-22(15-21)24-17-27-25(26-24)23-14-13-19-9-4-5-10-20(19)16-23/h1-17H. The van der Waals surface area contributed by atoms with Crippen molar-refractivity contribution in [1.29, 1.82) is 0 Å². The molecule has 0 atom stereocenters. The van der Waals surface area contributed by atoms with Gasteiger partial charge < -0.3 is 0 Å². The Morgan fingerprint density at radius 2 is 1.26 bits per heavy atom. The lowest BCUT2D eigenvalue weighted by Gasteiger charge is -2.04. The summed E-state index contributed by atoms with van der Waals surface area (Å²) in [6.45, 7) is 0. The van der Waals surface area contributed by atoms with E-state index in [4.69, 9.17) is 4.98 Å². The molecule has 4 aromatic carbocycles. The molecule has 27 heavy (non-hydrogen) atoms. The predicted octanol–water partition coefficient (Wildman–Crippen LogP) is 7.30. The lowest BCUT2D eigenvalue weighted by Crippen LogP contribution is -1.82. The van der Waals surface area contributed by atoms with Gasteiger partial charge in [-0.3, -0.25) is 0 Å². The van der Waals surface area contributed by atoms with E-state index in [1.165, 1.54) is 27.5 Å². The molecule has 0 aliphatic carbocycles. The molecular weight excluding hydrogens is 346 g/mol. The van der Waals surface area contributed by atoms with E-state index in [1.807, 2.05) is 6.07 Å². The van der Waals surface area contributed by atoms with Gasteiger partial charge >= 0.3 is 0 Å². The molecule has 0 radical (unpaired) electrons. The lowest BCUT2D eigenvalue weighted by atomic mass is 10.0. The highest BCUT2D eigenvalue weighted by Gasteiger charge is 2.08. The average Bonchev–Trinajstić information content (AvgIpc) is 3.24. The molecule has 1 aromatic heterocycles. The molecule has 0 amide bonds. The van der Waals surface area contributed by atoms with Crippen LogP contribution in [0.5, 0.6) is 0 Å². The van der Waals surface area contributed by atoms with Crippen molar-refractivity contribution < 1.29 is 0 Å². The molecule has 0 spiro atoms. The maximum Gasteiger partial charge on any atom is 0.124 e. The van der Waals surface area contributed by atoms with Crippen LogP contribution in [-0.4, -0.2) is 4.98 Å². The van der Waals surface area contributed by atoms with Gasteiger partial charge in [0, 0.05) is 16.5 Å². The van der Waals surface area contributed by atoms with Gasteiger partial charge in [0.05, 0.1) is 5.69 Å². The van der Waals surface area contributed by atoms with E-state index in [1.54, 1.807) is 11.3 Å². The third-order valence-corrected chi connectivity index (χ3v) is 5.66. The highest BCUT2D eigenvalue weighted by Crippen LogP contribution is 2.32. The second kappa shape index (κ2) is 6.82. The van der Waals surface area contributed by atoms with E-state index in [0.717, 1.165) is 16.3 Å². The molecule has 0 unspecified atom stereocenters. The van der Waals surface area contributed by atoms with E-state index < -0.39 is 0 Å². The van der Waals surface area contributed by atoms with Crippen LogP contribution in [0.15, 0.2) is 102 Å². The summed E-state index contributed by atoms with van der Waals surface area (Å²) < 4.78 is 0. The smallest absolute Gasteiger partial charge is 0.124 e. The second-order valence-electron chi connectivity index (χ2n) is 6.55. The Hall–Kier alpha value is -3.23. The van der Waals surface area contributed by atoms with Crippen molar-refractivity contribution in [1.82, 2.24) is 4.98 Å². The van der Waals surface area contributed by atoms with Crippen molar-refractivity contribution in [3.05, 3.63) is 102 Å². The van der Waals surface area contributed by atoms with Crippen LogP contribution >= 0.6 is 11.3 Å². The number of thiazole rings is 1. The molecule has 0 aliphatic heterocycles. The monoisotopic (exact) mass is 363 g/mol. The quantitative estimate of drug-likeness (QED) is 0.328. The summed E-state index contributed by atoms with van der Waals surface area (Å²) in [5.74, 6) is 0. The molecule has 0 N–H and O–H groups in total. The van der Waals surface area contributed by atoms with Gasteiger partial charge in [-0.05, 0) is 34.0 Å². The summed E-state index contributed by atoms with van der Waals surface area (Å²) in [6, 6.07) is 34.1. The maximum atomic E-state index is 4.91. The van der Waals surface area contributed by atoms with Crippen LogP contribution in [0.25, 0.3) is 43.7 Å². The van der Waals surface area contributed by atoms with E-state index in [0.29, 0.717) is 0 Å². The zero-order valence-electron chi connectivity index (χ0n) is 14.7. The van der Waals surface area contributed by atoms with Crippen molar-refractivity contribution in [3.63, 3.8) is 0 Å². The van der Waals surface area contributed by atoms with Gasteiger partial charge in [0.1, 0.15) is 5.01 Å². The Balaban J connectivity index is 1.52. The van der Waals surface area contributed by atoms with Gasteiger partial charge in [-0.25, -0.2) is 4.98 Å². The Morgan fingerprint density at radius 3 is 2.15 bits per heavy atom. The maximum absolute atomic E-state index is 4.91. The summed E-state index contributed by atoms with van der Waals surface area (Å²) in [4.78, 5) is 4.91. The van der Waals surface area contributed by atoms with Crippen LogP contribution in [0.3, 0.4) is 0 Å². The largest absolute Gasteiger partial charge is 0.236 e. The van der Waals surface area contributed by atoms with E-state index >= 15 is 0 Å². The van der Waals surface area contributed by atoms with Crippen molar-refractivity contribution in [3.8, 4) is 33.0 Å². The average molecular weight is 363 g/mol. The molecule has 2 heteroatoms. The lowest BCUT2D eigenvalue weighted by molar-refractivity contribution is 1.40. The highest BCUT2D eigenvalue weighted by atomic mass is 32.1. The summed E-state index contributed by atoms with van der Waals surface area (Å²) in [6.07, 6.45) is 0. The Labute approximate surface area is 162 Å². The Morgan fingerprint density at radius 1 is 0.519 bits per heavy atom. The number of hydrogen-bond acceptors (Lipinski definition) is 2. The fourth-order valence-electron chi connectivity index (χ4n) is 3.35. The van der Waals surface area contributed by atoms with Gasteiger partial charge in [-0.15, -0.1) is 11.3 Å². The molecule has 0 aliphatic rings. The first-order valence-electron chi connectivity index (χ1n) is 8.97. The van der Waals surface area contributed by atoms with Gasteiger partial charge in [-0.1, -0.05) is 84.9 Å². The molecule has 0 saturated carbocycles. The SMILES string of the molecule is c1ccc(-c2cccc(-c3csc(-c4ccc5ccccc5c4)n3)c2)cc1. The molecule has 0 saturated heterocycles. The first-order chi connectivity index (χ1) is 13.4. The van der Waals surface area contributed by atoms with Crippen molar-refractivity contribution in [2.24, 2.45) is 0 Å². The third kappa shape index (κ3) is 3.16. The minimum atomic E-state index is 1.03. The van der Waals surface area contributed by atoms with Crippen molar-refractivity contribution in [2.45, 2.75) is 0 Å². The molecule has 128 valence electrons. The van der Waals surface area contributed by atoms with Crippen molar-refractivity contribution >= 4 is 22.1 Å². The van der Waals surface area contributed by atoms with E-state index in [-0.39, 0.29) is 0 Å². The topological polar surface area (TPSA) is 12.9 Å². The summed E-state index contributed by atoms with van der Waals surface area (Å²) in [5, 5.41) is 5.71. The number of fused-ring (bicyclic) bond motifs is 1. The number of benzene rings is 4. The highest BCUT2D eigenvalue weighted by molar-refractivity contribution is 7.13. The number of nitrogens with zero attached hydrogens (tertiary/aromatic N) is 1. The normalized spacial score (nSPS) is 11.0. The van der Waals surface area contributed by atoms with Crippen LogP contribution in [0, 0.1) is 0 Å². The molecule has 0 fully saturated rings. The second-order valence-corrected chi connectivity index (χ2v) is 7.40. The molecule has 5 aromatic rings. The minimum absolute atomic E-state index is 1.03. The van der Waals surface area contributed by atoms with Crippen LogP contribution in [0.4, 0.5) is 0 Å². The summed E-state index contributed by atoms with van der Waals surface area (Å²) in [5.41, 5.74) is 5.79. The predicted molar refractivity (Wildman–Crippen MR) is 116 cm³/mol. The first-order valence-corrected chi connectivity index (χ1v) is 9.85. The fraction of sp³-hybridized carbons (Fsp3) is 0. The van der Waals surface area contributed by atoms with Crippen LogP contribution < -0.4 is 0 Å². The van der Waals surface area contributed by atoms with Gasteiger partial charge in [-0.2, -0.15) is 0 Å². The molecule has 1 nitrogen and oxygen atoms in total. The third-order valence-electron chi connectivity index (χ3n) is 4.77. The van der Waals surface area contributed by atoms with Gasteiger partial charge in [0.25, 0.3) is 0 Å². The number of hydrogen-bond donors (Lipinski definition) is 0. The van der Waals surface area contributed by atoms with Gasteiger partial charge in [0.15, 0.2) is 0 Å². The van der Waals surface area contributed by atoms with E-state index in [9.17, 15) is 0 Å². The molecule has 5 rings (SSSR count). The number of rotatable bonds is 3. The summed E-state index contributed by atoms with van der Waals surface area (Å²) in [7, 11) is 0. The fourth-order valence-corrected chi connectivity index (χ4v) is 4.18. The van der Waals surface area contributed by atoms with Crippen molar-refractivity contribution in [2.75, 3.05) is 0 Å². The molecular formula is C25H17NS. The van der Waals surface area contributed by atoms with Crippen LogP contribution in [0.2, 0.25) is 0 Å². The minimum Gasteiger partial charge on any atom is -0.236 e. The van der Waals surface area contributed by atoms with Crippen LogP contribution in [0.1, 0.15) is 0 Å². The molecule has 1 heterocycles. The Kier molecular flexibility index (Phi) is 4.04. The van der Waals surface area contributed by atoms with E-state index in [2.05, 4.69) is 96.4 Å². The first kappa shape index (κ1) is 16.0. The Bertz CT molecular complexity index is 1220. The van der Waals surface area contributed by atoms with Gasteiger partial charge in [0.2, 0.25) is 0 Å². The summed E-state index contributed by atoms with van der Waals surface area (Å²) >= 11 is 1.70. The zero-order valence-corrected chi connectivity index (χ0v) is 15.5. The molecule has 0 bridgehead atoms. The van der Waals surface area contributed by atoms with Crippen LogP contribution in [-0.2, 0) is 0 Å².